The van der Waals surface area contributed by atoms with Crippen LogP contribution in [0, 0.1) is 0 Å². The fraction of sp³-hybridized carbons (Fsp3) is 0.207. The van der Waals surface area contributed by atoms with Gasteiger partial charge in [-0.25, -0.2) is 9.97 Å². The van der Waals surface area contributed by atoms with Gasteiger partial charge in [0.15, 0.2) is 5.13 Å². The highest BCUT2D eigenvalue weighted by molar-refractivity contribution is 7.23. The molecule has 6 nitrogen and oxygen atoms in total. The summed E-state index contributed by atoms with van der Waals surface area (Å²) in [7, 11) is 1.61. The molecule has 0 saturated carbocycles. The summed E-state index contributed by atoms with van der Waals surface area (Å²) in [6.45, 7) is 1.27. The minimum Gasteiger partial charge on any atom is -0.494 e. The van der Waals surface area contributed by atoms with Crippen molar-refractivity contribution in [1.82, 2.24) is 14.5 Å². The maximum Gasteiger partial charge on any atom is 0.229 e. The van der Waals surface area contributed by atoms with Gasteiger partial charge in [-0.1, -0.05) is 83.6 Å². The number of benzene rings is 3. The van der Waals surface area contributed by atoms with Crippen LogP contribution in [0.25, 0.3) is 10.2 Å². The number of hydrogen-bond acceptors (Lipinski definition) is 5. The number of rotatable bonds is 10. The van der Waals surface area contributed by atoms with Gasteiger partial charge in [-0.05, 0) is 29.7 Å². The van der Waals surface area contributed by atoms with Gasteiger partial charge in [-0.2, -0.15) is 0 Å². The standard InChI is InChI=1S/C29H27ClN4O2S/c1-36-25-14-13-24(30)28-27(25)32-29(37-28)34(17-8-16-33-18-15-31-20-33)26(35)19-23(21-9-4-2-5-10-21)22-11-6-3-7-12-22/h2-7,9-15,18,20,23H,8,16-17,19H2,1H3. The van der Waals surface area contributed by atoms with E-state index in [2.05, 4.69) is 29.2 Å². The molecular formula is C29H27ClN4O2S. The van der Waals surface area contributed by atoms with Crippen LogP contribution in [-0.4, -0.2) is 34.1 Å². The first-order valence-electron chi connectivity index (χ1n) is 12.1. The number of methoxy groups -OCH3 is 1. The third-order valence-corrected chi connectivity index (χ3v) is 7.88. The lowest BCUT2D eigenvalue weighted by molar-refractivity contribution is -0.118. The van der Waals surface area contributed by atoms with Gasteiger partial charge < -0.3 is 9.30 Å². The summed E-state index contributed by atoms with van der Waals surface area (Å²) >= 11 is 7.92. The van der Waals surface area contributed by atoms with E-state index in [-0.39, 0.29) is 11.8 Å². The third-order valence-electron chi connectivity index (χ3n) is 6.34. The van der Waals surface area contributed by atoms with Crippen LogP contribution in [0.4, 0.5) is 5.13 Å². The van der Waals surface area contributed by atoms with E-state index in [1.807, 2.05) is 47.2 Å². The first-order chi connectivity index (χ1) is 18.1. The molecule has 0 spiro atoms. The molecule has 0 N–H and O–H groups in total. The van der Waals surface area contributed by atoms with E-state index in [1.54, 1.807) is 36.7 Å². The minimum atomic E-state index is -0.0708. The molecule has 0 bridgehead atoms. The maximum atomic E-state index is 14.0. The predicted molar refractivity (Wildman–Crippen MR) is 150 cm³/mol. The maximum absolute atomic E-state index is 14.0. The molecule has 188 valence electrons. The van der Waals surface area contributed by atoms with Gasteiger partial charge in [-0.15, -0.1) is 0 Å². The summed E-state index contributed by atoms with van der Waals surface area (Å²) in [4.78, 5) is 24.8. The Morgan fingerprint density at radius 3 is 2.38 bits per heavy atom. The van der Waals surface area contributed by atoms with Crippen molar-refractivity contribution in [1.29, 1.82) is 0 Å². The summed E-state index contributed by atoms with van der Waals surface area (Å²) < 4.78 is 8.34. The minimum absolute atomic E-state index is 0.0116. The smallest absolute Gasteiger partial charge is 0.229 e. The van der Waals surface area contributed by atoms with Crippen LogP contribution in [-0.2, 0) is 11.3 Å². The summed E-state index contributed by atoms with van der Waals surface area (Å²) in [5, 5.41) is 1.22. The van der Waals surface area contributed by atoms with E-state index in [1.165, 1.54) is 11.3 Å². The zero-order valence-corrected chi connectivity index (χ0v) is 22.0. The van der Waals surface area contributed by atoms with Crippen molar-refractivity contribution in [2.24, 2.45) is 0 Å². The number of carbonyl (C=O) groups excluding carboxylic acids is 1. The molecule has 8 heteroatoms. The molecule has 1 amide bonds. The molecule has 5 rings (SSSR count). The SMILES string of the molecule is COc1ccc(Cl)c2sc(N(CCCn3ccnc3)C(=O)CC(c3ccccc3)c3ccccc3)nc12. The second-order valence-corrected chi connectivity index (χ2v) is 10.1. The summed E-state index contributed by atoms with van der Waals surface area (Å²) in [5.41, 5.74) is 2.88. The van der Waals surface area contributed by atoms with Crippen LogP contribution in [0.3, 0.4) is 0 Å². The molecule has 0 saturated heterocycles. The largest absolute Gasteiger partial charge is 0.494 e. The van der Waals surface area contributed by atoms with Gasteiger partial charge in [0.2, 0.25) is 5.91 Å². The number of carbonyl (C=O) groups is 1. The number of hydrogen-bond donors (Lipinski definition) is 0. The molecule has 0 aliphatic heterocycles. The molecule has 5 aromatic rings. The lowest BCUT2D eigenvalue weighted by Crippen LogP contribution is -2.33. The Bertz CT molecular complexity index is 1420. The van der Waals surface area contributed by atoms with E-state index >= 15 is 0 Å². The number of aryl methyl sites for hydroxylation is 1. The molecule has 0 fully saturated rings. The number of nitrogens with zero attached hydrogens (tertiary/aromatic N) is 4. The Balaban J connectivity index is 1.48. The third kappa shape index (κ3) is 5.68. The molecule has 0 atom stereocenters. The zero-order chi connectivity index (χ0) is 25.6. The highest BCUT2D eigenvalue weighted by atomic mass is 35.5. The fourth-order valence-corrected chi connectivity index (χ4v) is 5.76. The van der Waals surface area contributed by atoms with E-state index in [0.29, 0.717) is 34.4 Å². The average molecular weight is 531 g/mol. The van der Waals surface area contributed by atoms with Crippen molar-refractivity contribution < 1.29 is 9.53 Å². The van der Waals surface area contributed by atoms with Gasteiger partial charge >= 0.3 is 0 Å². The van der Waals surface area contributed by atoms with Gasteiger partial charge in [0.25, 0.3) is 0 Å². The Hall–Kier alpha value is -3.68. The van der Waals surface area contributed by atoms with Crippen molar-refractivity contribution in [3.8, 4) is 5.75 Å². The number of ether oxygens (including phenoxy) is 1. The predicted octanol–water partition coefficient (Wildman–Crippen LogP) is 6.80. The quantitative estimate of drug-likeness (QED) is 0.199. The van der Waals surface area contributed by atoms with Gasteiger partial charge in [0, 0.05) is 37.8 Å². The molecule has 3 aromatic carbocycles. The Morgan fingerprint density at radius 1 is 1.05 bits per heavy atom. The normalized spacial score (nSPS) is 11.2. The van der Waals surface area contributed by atoms with Crippen LogP contribution in [0.1, 0.15) is 29.9 Å². The van der Waals surface area contributed by atoms with E-state index in [4.69, 9.17) is 21.3 Å². The topological polar surface area (TPSA) is 60.2 Å². The van der Waals surface area contributed by atoms with Crippen molar-refractivity contribution in [2.75, 3.05) is 18.6 Å². The van der Waals surface area contributed by atoms with Crippen molar-refractivity contribution in [2.45, 2.75) is 25.3 Å². The van der Waals surface area contributed by atoms with Gasteiger partial charge in [0.1, 0.15) is 11.3 Å². The second-order valence-electron chi connectivity index (χ2n) is 8.70. The van der Waals surface area contributed by atoms with E-state index < -0.39 is 0 Å². The number of aromatic nitrogens is 3. The summed E-state index contributed by atoms with van der Waals surface area (Å²) in [6.07, 6.45) is 6.55. The molecule has 2 aromatic heterocycles. The molecule has 2 heterocycles. The Morgan fingerprint density at radius 2 is 1.76 bits per heavy atom. The number of thiazole rings is 1. The highest BCUT2D eigenvalue weighted by Gasteiger charge is 2.26. The van der Waals surface area contributed by atoms with Crippen LogP contribution < -0.4 is 9.64 Å². The molecule has 0 radical (unpaired) electrons. The summed E-state index contributed by atoms with van der Waals surface area (Å²) in [5.74, 6) is 0.579. The van der Waals surface area contributed by atoms with Crippen LogP contribution in [0.15, 0.2) is 91.5 Å². The lowest BCUT2D eigenvalue weighted by Gasteiger charge is -2.24. The Kier molecular flexibility index (Phi) is 7.82. The second kappa shape index (κ2) is 11.6. The van der Waals surface area contributed by atoms with Crippen molar-refractivity contribution in [3.63, 3.8) is 0 Å². The number of fused-ring (bicyclic) bond motifs is 1. The van der Waals surface area contributed by atoms with Crippen molar-refractivity contribution in [3.05, 3.63) is 108 Å². The van der Waals surface area contributed by atoms with E-state index in [9.17, 15) is 4.79 Å². The summed E-state index contributed by atoms with van der Waals surface area (Å²) in [6, 6.07) is 24.0. The monoisotopic (exact) mass is 530 g/mol. The Labute approximate surface area is 225 Å². The van der Waals surface area contributed by atoms with Crippen molar-refractivity contribution >= 4 is 44.2 Å². The number of amides is 1. The highest BCUT2D eigenvalue weighted by Crippen LogP contribution is 2.39. The molecule has 0 unspecified atom stereocenters. The first kappa shape index (κ1) is 25.0. The molecule has 0 aliphatic rings. The number of anilines is 1. The average Bonchev–Trinajstić information content (AvgIpc) is 3.62. The number of imidazole rings is 1. The lowest BCUT2D eigenvalue weighted by atomic mass is 9.88. The van der Waals surface area contributed by atoms with Gasteiger partial charge in [0.05, 0.1) is 23.2 Å². The molecule has 0 aliphatic carbocycles. The molecule has 37 heavy (non-hydrogen) atoms. The van der Waals surface area contributed by atoms with E-state index in [0.717, 1.165) is 28.8 Å². The van der Waals surface area contributed by atoms with Gasteiger partial charge in [-0.3, -0.25) is 9.69 Å². The first-order valence-corrected chi connectivity index (χ1v) is 13.3. The number of halogens is 1. The molecular weight excluding hydrogens is 504 g/mol. The fourth-order valence-electron chi connectivity index (χ4n) is 4.46. The van der Waals surface area contributed by atoms with Crippen LogP contribution in [0.5, 0.6) is 5.75 Å². The zero-order valence-electron chi connectivity index (χ0n) is 20.5. The van der Waals surface area contributed by atoms with Crippen LogP contribution in [0.2, 0.25) is 5.02 Å². The van der Waals surface area contributed by atoms with Crippen LogP contribution >= 0.6 is 22.9 Å².